The van der Waals surface area contributed by atoms with Gasteiger partial charge in [0.25, 0.3) is 0 Å². The lowest BCUT2D eigenvalue weighted by atomic mass is 9.84. The molecule has 1 heterocycles. The second-order valence-corrected chi connectivity index (χ2v) is 7.24. The summed E-state index contributed by atoms with van der Waals surface area (Å²) in [5, 5.41) is 13.2. The molecule has 0 spiro atoms. The van der Waals surface area contributed by atoms with E-state index in [-0.39, 0.29) is 5.92 Å². The third-order valence-electron chi connectivity index (χ3n) is 4.53. The maximum atomic E-state index is 9.60. The van der Waals surface area contributed by atoms with Gasteiger partial charge < -0.3 is 5.21 Å². The van der Waals surface area contributed by atoms with Crippen molar-refractivity contribution in [1.82, 2.24) is 4.98 Å². The van der Waals surface area contributed by atoms with E-state index in [9.17, 15) is 5.21 Å². The van der Waals surface area contributed by atoms with Crippen molar-refractivity contribution in [2.24, 2.45) is 5.16 Å². The molecule has 0 bridgehead atoms. The first-order valence-corrected chi connectivity index (χ1v) is 9.37. The van der Waals surface area contributed by atoms with Crippen LogP contribution in [0.4, 0.5) is 0 Å². The van der Waals surface area contributed by atoms with Crippen molar-refractivity contribution in [2.45, 2.75) is 25.7 Å². The molecule has 0 aliphatic rings. The molecule has 26 heavy (non-hydrogen) atoms. The van der Waals surface area contributed by atoms with Gasteiger partial charge in [0.1, 0.15) is 0 Å². The van der Waals surface area contributed by atoms with E-state index in [1.165, 1.54) is 16.7 Å². The maximum Gasteiger partial charge on any atom is 0.0639 e. The first-order valence-electron chi connectivity index (χ1n) is 8.58. The quantitative estimate of drug-likeness (QED) is 0.320. The van der Waals surface area contributed by atoms with Crippen molar-refractivity contribution in [2.75, 3.05) is 0 Å². The lowest BCUT2D eigenvalue weighted by Gasteiger charge is -2.21. The molecule has 3 aromatic rings. The Morgan fingerprint density at radius 1 is 1.04 bits per heavy atom. The number of halogens is 1. The lowest BCUT2D eigenvalue weighted by Crippen LogP contribution is -2.13. The fourth-order valence-corrected chi connectivity index (χ4v) is 3.44. The molecule has 0 saturated heterocycles. The molecule has 1 aromatic heterocycles. The number of pyridine rings is 1. The highest BCUT2D eigenvalue weighted by atomic mass is 79.9. The number of oxime groups is 1. The van der Waals surface area contributed by atoms with Gasteiger partial charge in [0.05, 0.1) is 5.71 Å². The molecule has 0 fully saturated rings. The first-order chi connectivity index (χ1) is 12.7. The van der Waals surface area contributed by atoms with Crippen LogP contribution in [0.3, 0.4) is 0 Å². The van der Waals surface area contributed by atoms with Gasteiger partial charge in [-0.2, -0.15) is 0 Å². The van der Waals surface area contributed by atoms with E-state index in [2.05, 4.69) is 75.5 Å². The molecular weight excluding hydrogens is 388 g/mol. The summed E-state index contributed by atoms with van der Waals surface area (Å²) in [4.78, 5) is 4.35. The van der Waals surface area contributed by atoms with E-state index in [0.717, 1.165) is 15.9 Å². The minimum atomic E-state index is 0.124. The summed E-state index contributed by atoms with van der Waals surface area (Å²) in [6, 6.07) is 22.5. The smallest absolute Gasteiger partial charge is 0.0639 e. The van der Waals surface area contributed by atoms with Crippen LogP contribution in [0.5, 0.6) is 0 Å². The predicted molar refractivity (Wildman–Crippen MR) is 109 cm³/mol. The summed E-state index contributed by atoms with van der Waals surface area (Å²) in [6.45, 7) is 2.12. The average Bonchev–Trinajstić information content (AvgIpc) is 2.67. The number of aryl methyl sites for hydroxylation is 1. The van der Waals surface area contributed by atoms with Crippen LogP contribution >= 0.6 is 15.9 Å². The molecule has 0 amide bonds. The van der Waals surface area contributed by atoms with E-state index >= 15 is 0 Å². The number of rotatable bonds is 6. The van der Waals surface area contributed by atoms with Crippen molar-refractivity contribution in [3.05, 3.63) is 99.8 Å². The van der Waals surface area contributed by atoms with Crippen LogP contribution in [0.1, 0.15) is 34.7 Å². The Balaban J connectivity index is 1.92. The van der Waals surface area contributed by atoms with Gasteiger partial charge >= 0.3 is 0 Å². The van der Waals surface area contributed by atoms with Gasteiger partial charge in [0, 0.05) is 35.1 Å². The average molecular weight is 409 g/mol. The van der Waals surface area contributed by atoms with Crippen molar-refractivity contribution >= 4 is 21.6 Å². The van der Waals surface area contributed by atoms with Crippen LogP contribution < -0.4 is 0 Å². The van der Waals surface area contributed by atoms with Crippen LogP contribution in [0.25, 0.3) is 0 Å². The van der Waals surface area contributed by atoms with Crippen molar-refractivity contribution in [3.8, 4) is 0 Å². The molecule has 132 valence electrons. The molecule has 4 heteroatoms. The Hall–Kier alpha value is -2.46. The molecular formula is C22H21BrN2O. The number of hydrogen-bond donors (Lipinski definition) is 1. The Morgan fingerprint density at radius 3 is 2.42 bits per heavy atom. The minimum Gasteiger partial charge on any atom is -0.411 e. The first kappa shape index (κ1) is 18.3. The van der Waals surface area contributed by atoms with Gasteiger partial charge in [-0.1, -0.05) is 63.6 Å². The third-order valence-corrected chi connectivity index (χ3v) is 5.06. The molecule has 0 saturated carbocycles. The maximum absolute atomic E-state index is 9.60. The van der Waals surface area contributed by atoms with Crippen LogP contribution in [0.15, 0.2) is 82.6 Å². The molecule has 3 nitrogen and oxygen atoms in total. The molecule has 2 aromatic carbocycles. The zero-order valence-electron chi connectivity index (χ0n) is 14.6. The van der Waals surface area contributed by atoms with Gasteiger partial charge in [-0.3, -0.25) is 4.98 Å². The van der Waals surface area contributed by atoms with Crippen molar-refractivity contribution < 1.29 is 5.21 Å². The fourth-order valence-electron chi connectivity index (χ4n) is 3.18. The number of aromatic nitrogens is 1. The van der Waals surface area contributed by atoms with Crippen LogP contribution in [0.2, 0.25) is 0 Å². The summed E-state index contributed by atoms with van der Waals surface area (Å²) in [5.41, 5.74) is 5.30. The topological polar surface area (TPSA) is 45.5 Å². The second-order valence-electron chi connectivity index (χ2n) is 6.33. The van der Waals surface area contributed by atoms with E-state index in [0.29, 0.717) is 12.8 Å². The molecule has 0 radical (unpaired) electrons. The fraction of sp³-hybridized carbons (Fsp3) is 0.182. The summed E-state index contributed by atoms with van der Waals surface area (Å²) in [7, 11) is 0. The Labute approximate surface area is 162 Å². The Kier molecular flexibility index (Phi) is 6.18. The van der Waals surface area contributed by atoms with Gasteiger partial charge in [0.15, 0.2) is 0 Å². The van der Waals surface area contributed by atoms with E-state index in [1.54, 1.807) is 6.20 Å². The highest BCUT2D eigenvalue weighted by Gasteiger charge is 2.19. The van der Waals surface area contributed by atoms with Gasteiger partial charge in [-0.15, -0.1) is 0 Å². The van der Waals surface area contributed by atoms with E-state index < -0.39 is 0 Å². The van der Waals surface area contributed by atoms with Gasteiger partial charge in [-0.05, 0) is 47.9 Å². The standard InChI is InChI=1S/C22H21BrN2O/c1-16-6-2-3-8-21(16)22(17-9-11-18(23)12-10-17)15-20(25-26)14-19-7-4-5-13-24-19/h2-13,22,26H,14-15H2,1H3/b25-20+/t22-/m1/s1. The SMILES string of the molecule is Cc1ccccc1[C@H](C/C(Cc1ccccn1)=N/O)c1ccc(Br)cc1. The van der Waals surface area contributed by atoms with E-state index in [1.807, 2.05) is 24.3 Å². The largest absolute Gasteiger partial charge is 0.411 e. The number of hydrogen-bond acceptors (Lipinski definition) is 3. The third kappa shape index (κ3) is 4.58. The zero-order chi connectivity index (χ0) is 18.4. The monoisotopic (exact) mass is 408 g/mol. The number of nitrogens with zero attached hydrogens (tertiary/aromatic N) is 2. The van der Waals surface area contributed by atoms with Gasteiger partial charge in [-0.25, -0.2) is 0 Å². The normalized spacial score (nSPS) is 12.8. The van der Waals surface area contributed by atoms with Gasteiger partial charge in [0.2, 0.25) is 0 Å². The predicted octanol–water partition coefficient (Wildman–Crippen LogP) is 5.75. The molecule has 0 aliphatic heterocycles. The molecule has 1 N–H and O–H groups in total. The molecule has 0 unspecified atom stereocenters. The summed E-state index contributed by atoms with van der Waals surface area (Å²) in [6.07, 6.45) is 2.94. The minimum absolute atomic E-state index is 0.124. The van der Waals surface area contributed by atoms with Crippen LogP contribution in [-0.4, -0.2) is 15.9 Å². The summed E-state index contributed by atoms with van der Waals surface area (Å²) >= 11 is 3.50. The zero-order valence-corrected chi connectivity index (χ0v) is 16.2. The molecule has 1 atom stereocenters. The summed E-state index contributed by atoms with van der Waals surface area (Å²) in [5.74, 6) is 0.124. The lowest BCUT2D eigenvalue weighted by molar-refractivity contribution is 0.316. The summed E-state index contributed by atoms with van der Waals surface area (Å²) < 4.78 is 1.05. The Morgan fingerprint density at radius 2 is 1.77 bits per heavy atom. The Bertz CT molecular complexity index is 876. The van der Waals surface area contributed by atoms with Crippen molar-refractivity contribution in [3.63, 3.8) is 0 Å². The molecule has 3 rings (SSSR count). The van der Waals surface area contributed by atoms with E-state index in [4.69, 9.17) is 0 Å². The van der Waals surface area contributed by atoms with Crippen molar-refractivity contribution in [1.29, 1.82) is 0 Å². The number of benzene rings is 2. The van der Waals surface area contributed by atoms with Crippen LogP contribution in [-0.2, 0) is 6.42 Å². The highest BCUT2D eigenvalue weighted by Crippen LogP contribution is 2.32. The highest BCUT2D eigenvalue weighted by molar-refractivity contribution is 9.10. The molecule has 0 aliphatic carbocycles. The second kappa shape index (κ2) is 8.77. The van der Waals surface area contributed by atoms with Crippen LogP contribution in [0, 0.1) is 6.92 Å².